The Hall–Kier alpha value is -6.33. The van der Waals surface area contributed by atoms with E-state index >= 15 is 0 Å². The van der Waals surface area contributed by atoms with Gasteiger partial charge in [-0.25, -0.2) is 15.0 Å². The van der Waals surface area contributed by atoms with Crippen molar-refractivity contribution in [2.75, 3.05) is 0 Å². The number of fused-ring (bicyclic) bond motifs is 7. The van der Waals surface area contributed by atoms with E-state index in [1.165, 1.54) is 44.1 Å². The molecule has 5 heteroatoms. The third kappa shape index (κ3) is 4.15. The molecule has 1 aliphatic carbocycles. The van der Waals surface area contributed by atoms with Crippen molar-refractivity contribution in [2.45, 2.75) is 19.3 Å². The Balaban J connectivity index is 1.16. The van der Waals surface area contributed by atoms with Crippen LogP contribution in [0.2, 0.25) is 0 Å². The Morgan fingerprint density at radius 3 is 1.92 bits per heavy atom. The predicted octanol–water partition coefficient (Wildman–Crippen LogP) is 11.0. The molecule has 0 spiro atoms. The fourth-order valence-electron chi connectivity index (χ4n) is 7.73. The summed E-state index contributed by atoms with van der Waals surface area (Å²) in [5.74, 6) is 2.33. The summed E-state index contributed by atoms with van der Waals surface area (Å²) in [6.45, 7) is 4.58. The summed E-state index contributed by atoms with van der Waals surface area (Å²) >= 11 is 0. The topological polar surface area (TPSA) is 56.7 Å². The SMILES string of the molecule is CC1(C)c2ccccc2-c2c(-c3nc(-c4ccc(-n5c6ccccc6c6ccccc65)cc4)nc(-c4cc5ccccc5o4)n3)cccc21. The van der Waals surface area contributed by atoms with Crippen LogP contribution in [0.1, 0.15) is 25.0 Å². The lowest BCUT2D eigenvalue weighted by Gasteiger charge is -2.21. The normalized spacial score (nSPS) is 13.3. The molecule has 0 unspecified atom stereocenters. The second-order valence-corrected chi connectivity index (χ2v) is 13.3. The van der Waals surface area contributed by atoms with Crippen LogP contribution >= 0.6 is 0 Å². The van der Waals surface area contributed by atoms with Crippen LogP contribution in [0.25, 0.3) is 83.9 Å². The number of nitrogens with zero attached hydrogens (tertiary/aromatic N) is 4. The number of hydrogen-bond donors (Lipinski definition) is 0. The van der Waals surface area contributed by atoms with Gasteiger partial charge in [0.2, 0.25) is 0 Å². The molecule has 0 atom stereocenters. The van der Waals surface area contributed by atoms with Crippen LogP contribution in [0.5, 0.6) is 0 Å². The van der Waals surface area contributed by atoms with E-state index < -0.39 is 0 Å². The highest BCUT2D eigenvalue weighted by Gasteiger charge is 2.37. The van der Waals surface area contributed by atoms with Crippen molar-refractivity contribution < 1.29 is 4.42 Å². The summed E-state index contributed by atoms with van der Waals surface area (Å²) in [5, 5.41) is 3.48. The molecule has 9 aromatic rings. The molecule has 1 aliphatic rings. The van der Waals surface area contributed by atoms with Gasteiger partial charge in [0, 0.05) is 38.4 Å². The molecular formula is C44H30N4O. The van der Waals surface area contributed by atoms with E-state index in [0.717, 1.165) is 27.8 Å². The van der Waals surface area contributed by atoms with Crippen LogP contribution < -0.4 is 0 Å². The van der Waals surface area contributed by atoms with Gasteiger partial charge in [0.05, 0.1) is 11.0 Å². The maximum absolute atomic E-state index is 6.31. The smallest absolute Gasteiger partial charge is 0.199 e. The Labute approximate surface area is 283 Å². The number of hydrogen-bond acceptors (Lipinski definition) is 4. The quantitative estimate of drug-likeness (QED) is 0.194. The average molecular weight is 631 g/mol. The summed E-state index contributed by atoms with van der Waals surface area (Å²) in [7, 11) is 0. The first-order chi connectivity index (χ1) is 24.0. The summed E-state index contributed by atoms with van der Waals surface area (Å²) < 4.78 is 8.63. The van der Waals surface area contributed by atoms with Gasteiger partial charge in [0.1, 0.15) is 5.58 Å². The maximum atomic E-state index is 6.31. The van der Waals surface area contributed by atoms with Crippen molar-refractivity contribution in [3.8, 4) is 51.2 Å². The van der Waals surface area contributed by atoms with E-state index in [1.807, 2.05) is 30.3 Å². The number of rotatable bonds is 4. The van der Waals surface area contributed by atoms with E-state index in [2.05, 4.69) is 134 Å². The molecular weight excluding hydrogens is 601 g/mol. The molecule has 0 aliphatic heterocycles. The zero-order chi connectivity index (χ0) is 32.7. The minimum Gasteiger partial charge on any atom is -0.453 e. The Kier molecular flexibility index (Phi) is 5.85. The van der Waals surface area contributed by atoms with Crippen LogP contribution in [0, 0.1) is 0 Å². The first-order valence-electron chi connectivity index (χ1n) is 16.6. The van der Waals surface area contributed by atoms with Gasteiger partial charge in [-0.2, -0.15) is 0 Å². The van der Waals surface area contributed by atoms with E-state index in [-0.39, 0.29) is 5.41 Å². The molecule has 0 amide bonds. The summed E-state index contributed by atoms with van der Waals surface area (Å²) in [5.41, 5.74) is 11.0. The lowest BCUT2D eigenvalue weighted by Crippen LogP contribution is -2.14. The monoisotopic (exact) mass is 630 g/mol. The molecule has 10 rings (SSSR count). The summed E-state index contributed by atoms with van der Waals surface area (Å²) in [4.78, 5) is 15.3. The molecule has 5 nitrogen and oxygen atoms in total. The predicted molar refractivity (Wildman–Crippen MR) is 198 cm³/mol. The number of benzene rings is 6. The third-order valence-corrected chi connectivity index (χ3v) is 10.1. The van der Waals surface area contributed by atoms with Crippen molar-refractivity contribution in [2.24, 2.45) is 0 Å². The fourth-order valence-corrected chi connectivity index (χ4v) is 7.73. The van der Waals surface area contributed by atoms with Crippen LogP contribution in [0.4, 0.5) is 0 Å². The lowest BCUT2D eigenvalue weighted by atomic mass is 9.82. The molecule has 0 saturated heterocycles. The van der Waals surface area contributed by atoms with Gasteiger partial charge in [0.25, 0.3) is 0 Å². The largest absolute Gasteiger partial charge is 0.453 e. The van der Waals surface area contributed by atoms with Crippen LogP contribution in [-0.4, -0.2) is 19.5 Å². The van der Waals surface area contributed by atoms with Gasteiger partial charge >= 0.3 is 0 Å². The molecule has 0 bridgehead atoms. The molecule has 3 heterocycles. The van der Waals surface area contributed by atoms with E-state index in [0.29, 0.717) is 23.2 Å². The van der Waals surface area contributed by atoms with Crippen LogP contribution in [0.15, 0.2) is 150 Å². The third-order valence-electron chi connectivity index (χ3n) is 10.1. The highest BCUT2D eigenvalue weighted by atomic mass is 16.3. The van der Waals surface area contributed by atoms with E-state index in [4.69, 9.17) is 19.4 Å². The Morgan fingerprint density at radius 1 is 0.531 bits per heavy atom. The molecule has 0 fully saturated rings. The molecule has 0 saturated carbocycles. The zero-order valence-electron chi connectivity index (χ0n) is 27.1. The van der Waals surface area contributed by atoms with E-state index in [1.54, 1.807) is 0 Å². The van der Waals surface area contributed by atoms with Gasteiger partial charge in [0.15, 0.2) is 23.2 Å². The fraction of sp³-hybridized carbons (Fsp3) is 0.0682. The maximum Gasteiger partial charge on any atom is 0.199 e. The highest BCUT2D eigenvalue weighted by molar-refractivity contribution is 6.09. The molecule has 3 aromatic heterocycles. The van der Waals surface area contributed by atoms with Gasteiger partial charge in [-0.05, 0) is 70.8 Å². The molecule has 0 radical (unpaired) electrons. The van der Waals surface area contributed by atoms with Gasteiger partial charge < -0.3 is 8.98 Å². The number of furan rings is 1. The second-order valence-electron chi connectivity index (χ2n) is 13.3. The zero-order valence-corrected chi connectivity index (χ0v) is 27.1. The lowest BCUT2D eigenvalue weighted by molar-refractivity contribution is 0.625. The van der Waals surface area contributed by atoms with Crippen molar-refractivity contribution in [3.05, 3.63) is 157 Å². The standard InChI is InChI=1S/C44H30N4O/c1-44(2)34-17-7-4-15-32(34)40-33(16-11-18-35(40)44)42-45-41(46-43(47-42)39-26-28-12-3-10-21-38(28)49-39)27-22-24-29(25-23-27)48-36-19-8-5-13-30(36)31-14-6-9-20-37(31)48/h3-26H,1-2H3. The first kappa shape index (κ1) is 27.8. The van der Waals surface area contributed by atoms with Gasteiger partial charge in [-0.1, -0.05) is 111 Å². The number of para-hydroxylation sites is 3. The van der Waals surface area contributed by atoms with Crippen molar-refractivity contribution in [1.82, 2.24) is 19.5 Å². The highest BCUT2D eigenvalue weighted by Crippen LogP contribution is 2.51. The number of aromatic nitrogens is 4. The van der Waals surface area contributed by atoms with Crippen LogP contribution in [0.3, 0.4) is 0 Å². The van der Waals surface area contributed by atoms with Gasteiger partial charge in [-0.15, -0.1) is 0 Å². The molecule has 0 N–H and O–H groups in total. The van der Waals surface area contributed by atoms with Gasteiger partial charge in [-0.3, -0.25) is 0 Å². The summed E-state index contributed by atoms with van der Waals surface area (Å²) in [6.07, 6.45) is 0. The Morgan fingerprint density at radius 2 is 1.14 bits per heavy atom. The molecule has 232 valence electrons. The minimum absolute atomic E-state index is 0.137. The summed E-state index contributed by atoms with van der Waals surface area (Å²) in [6, 6.07) is 50.8. The van der Waals surface area contributed by atoms with E-state index in [9.17, 15) is 0 Å². The molecule has 6 aromatic carbocycles. The minimum atomic E-state index is -0.137. The Bertz CT molecular complexity index is 2660. The van der Waals surface area contributed by atoms with Crippen LogP contribution in [-0.2, 0) is 5.41 Å². The first-order valence-corrected chi connectivity index (χ1v) is 16.6. The second kappa shape index (κ2) is 10.3. The van der Waals surface area contributed by atoms with Crippen molar-refractivity contribution in [3.63, 3.8) is 0 Å². The van der Waals surface area contributed by atoms with Crippen molar-refractivity contribution in [1.29, 1.82) is 0 Å². The molecule has 49 heavy (non-hydrogen) atoms. The average Bonchev–Trinajstić information content (AvgIpc) is 3.81. The van der Waals surface area contributed by atoms with Crippen molar-refractivity contribution >= 4 is 32.8 Å².